The minimum atomic E-state index is 0. The van der Waals surface area contributed by atoms with Crippen molar-refractivity contribution >= 4 is 18.1 Å². The highest BCUT2D eigenvalue weighted by Crippen LogP contribution is 2.28. The quantitative estimate of drug-likeness (QED) is 0.866. The number of anilines is 1. The van der Waals surface area contributed by atoms with E-state index in [0.29, 0.717) is 11.3 Å². The fourth-order valence-corrected chi connectivity index (χ4v) is 1.97. The number of ether oxygens (including phenoxy) is 1. The van der Waals surface area contributed by atoms with Gasteiger partial charge in [0.2, 0.25) is 0 Å². The highest BCUT2D eigenvalue weighted by atomic mass is 35.5. The number of rotatable bonds is 2. The van der Waals surface area contributed by atoms with Gasteiger partial charge in [0.05, 0.1) is 12.8 Å². The smallest absolute Gasteiger partial charge is 0.138 e. The number of nitrogens with one attached hydrogen (secondary N) is 1. The van der Waals surface area contributed by atoms with E-state index in [-0.39, 0.29) is 12.4 Å². The summed E-state index contributed by atoms with van der Waals surface area (Å²) in [7, 11) is 1.59. The Bertz CT molecular complexity index is 411. The molecule has 1 aliphatic heterocycles. The zero-order chi connectivity index (χ0) is 11.4. The summed E-state index contributed by atoms with van der Waals surface area (Å²) < 4.78 is 5.20. The molecule has 0 spiro atoms. The van der Waals surface area contributed by atoms with Gasteiger partial charge in [-0.05, 0) is 12.1 Å². The van der Waals surface area contributed by atoms with Crippen molar-refractivity contribution in [2.75, 3.05) is 38.2 Å². The van der Waals surface area contributed by atoms with E-state index in [1.807, 2.05) is 18.2 Å². The van der Waals surface area contributed by atoms with E-state index in [2.05, 4.69) is 16.3 Å². The summed E-state index contributed by atoms with van der Waals surface area (Å²) in [5.74, 6) is 0.651. The second-order valence-electron chi connectivity index (χ2n) is 3.70. The summed E-state index contributed by atoms with van der Waals surface area (Å²) in [5.41, 5.74) is 1.61. The van der Waals surface area contributed by atoms with Crippen molar-refractivity contribution in [3.63, 3.8) is 0 Å². The zero-order valence-electron chi connectivity index (χ0n) is 9.77. The van der Waals surface area contributed by atoms with Crippen molar-refractivity contribution in [1.82, 2.24) is 5.32 Å². The van der Waals surface area contributed by atoms with Crippen LogP contribution in [0, 0.1) is 11.3 Å². The van der Waals surface area contributed by atoms with Gasteiger partial charge in [-0.3, -0.25) is 0 Å². The number of benzene rings is 1. The molecule has 0 bridgehead atoms. The molecule has 1 heterocycles. The minimum Gasteiger partial charge on any atom is -0.495 e. The Morgan fingerprint density at radius 2 is 2.06 bits per heavy atom. The Balaban J connectivity index is 0.00000144. The highest BCUT2D eigenvalue weighted by molar-refractivity contribution is 5.85. The predicted octanol–water partition coefficient (Wildman–Crippen LogP) is 1.40. The molecular weight excluding hydrogens is 238 g/mol. The van der Waals surface area contributed by atoms with Gasteiger partial charge in [0.25, 0.3) is 0 Å². The fraction of sp³-hybridized carbons (Fsp3) is 0.417. The molecule has 5 heteroatoms. The number of halogens is 1. The van der Waals surface area contributed by atoms with Gasteiger partial charge in [0, 0.05) is 26.2 Å². The van der Waals surface area contributed by atoms with Gasteiger partial charge in [-0.15, -0.1) is 12.4 Å². The van der Waals surface area contributed by atoms with E-state index >= 15 is 0 Å². The third kappa shape index (κ3) is 2.82. The van der Waals surface area contributed by atoms with Crippen LogP contribution in [-0.2, 0) is 0 Å². The molecular formula is C12H16ClN3O. The molecule has 1 aromatic carbocycles. The Morgan fingerprint density at radius 3 is 2.65 bits per heavy atom. The fourth-order valence-electron chi connectivity index (χ4n) is 1.97. The van der Waals surface area contributed by atoms with Crippen LogP contribution < -0.4 is 15.0 Å². The summed E-state index contributed by atoms with van der Waals surface area (Å²) in [5, 5.41) is 12.5. The number of nitrogens with zero attached hydrogens (tertiary/aromatic N) is 2. The number of nitriles is 1. The second-order valence-corrected chi connectivity index (χ2v) is 3.70. The molecule has 2 rings (SSSR count). The standard InChI is InChI=1S/C12H15N3O.ClH/c1-16-12-4-2-3-11(10(12)9-13)15-7-5-14-6-8-15;/h2-4,14H,5-8H2,1H3;1H. The molecule has 92 valence electrons. The van der Waals surface area contributed by atoms with Crippen molar-refractivity contribution in [3.8, 4) is 11.8 Å². The lowest BCUT2D eigenvalue weighted by molar-refractivity contribution is 0.413. The van der Waals surface area contributed by atoms with Crippen molar-refractivity contribution in [2.24, 2.45) is 0 Å². The Labute approximate surface area is 108 Å². The van der Waals surface area contributed by atoms with Crippen LogP contribution in [0.15, 0.2) is 18.2 Å². The molecule has 1 aromatic rings. The molecule has 1 saturated heterocycles. The first kappa shape index (κ1) is 13.6. The molecule has 1 fully saturated rings. The van der Waals surface area contributed by atoms with E-state index in [1.54, 1.807) is 7.11 Å². The van der Waals surface area contributed by atoms with Crippen LogP contribution in [0.3, 0.4) is 0 Å². The predicted molar refractivity (Wildman–Crippen MR) is 70.0 cm³/mol. The van der Waals surface area contributed by atoms with Crippen LogP contribution in [0.4, 0.5) is 5.69 Å². The Kier molecular flexibility index (Phi) is 5.08. The summed E-state index contributed by atoms with van der Waals surface area (Å²) in [4.78, 5) is 2.22. The summed E-state index contributed by atoms with van der Waals surface area (Å²) in [6.07, 6.45) is 0. The van der Waals surface area contributed by atoms with E-state index in [1.165, 1.54) is 0 Å². The summed E-state index contributed by atoms with van der Waals surface area (Å²) >= 11 is 0. The van der Waals surface area contributed by atoms with Crippen LogP contribution in [0.1, 0.15) is 5.56 Å². The molecule has 17 heavy (non-hydrogen) atoms. The molecule has 0 atom stereocenters. The highest BCUT2D eigenvalue weighted by Gasteiger charge is 2.16. The molecule has 0 amide bonds. The average molecular weight is 254 g/mol. The average Bonchev–Trinajstić information content (AvgIpc) is 2.38. The van der Waals surface area contributed by atoms with Gasteiger partial charge in [0.1, 0.15) is 17.4 Å². The third-order valence-corrected chi connectivity index (χ3v) is 2.79. The van der Waals surface area contributed by atoms with Gasteiger partial charge in [-0.25, -0.2) is 0 Å². The van der Waals surface area contributed by atoms with Gasteiger partial charge in [0.15, 0.2) is 0 Å². The lowest BCUT2D eigenvalue weighted by atomic mass is 10.1. The van der Waals surface area contributed by atoms with E-state index in [4.69, 9.17) is 4.74 Å². The number of piperazine rings is 1. The number of hydrogen-bond acceptors (Lipinski definition) is 4. The van der Waals surface area contributed by atoms with E-state index in [9.17, 15) is 5.26 Å². The Morgan fingerprint density at radius 1 is 1.35 bits per heavy atom. The maximum Gasteiger partial charge on any atom is 0.138 e. The first-order valence-electron chi connectivity index (χ1n) is 5.39. The topological polar surface area (TPSA) is 48.3 Å². The first-order chi connectivity index (χ1) is 7.86. The van der Waals surface area contributed by atoms with Crippen LogP contribution in [0.2, 0.25) is 0 Å². The van der Waals surface area contributed by atoms with E-state index in [0.717, 1.165) is 31.9 Å². The van der Waals surface area contributed by atoms with Crippen LogP contribution in [-0.4, -0.2) is 33.3 Å². The van der Waals surface area contributed by atoms with Crippen molar-refractivity contribution in [2.45, 2.75) is 0 Å². The van der Waals surface area contributed by atoms with Gasteiger partial charge < -0.3 is 15.0 Å². The summed E-state index contributed by atoms with van der Waals surface area (Å²) in [6.45, 7) is 3.79. The lowest BCUT2D eigenvalue weighted by Crippen LogP contribution is -2.43. The first-order valence-corrected chi connectivity index (χ1v) is 5.39. The van der Waals surface area contributed by atoms with Crippen molar-refractivity contribution < 1.29 is 4.74 Å². The molecule has 0 aliphatic carbocycles. The molecule has 1 aliphatic rings. The minimum absolute atomic E-state index is 0. The van der Waals surface area contributed by atoms with Crippen molar-refractivity contribution in [3.05, 3.63) is 23.8 Å². The van der Waals surface area contributed by atoms with Crippen molar-refractivity contribution in [1.29, 1.82) is 5.26 Å². The number of hydrogen-bond donors (Lipinski definition) is 1. The summed E-state index contributed by atoms with van der Waals surface area (Å²) in [6, 6.07) is 7.96. The normalized spacial score (nSPS) is 14.7. The van der Waals surface area contributed by atoms with Gasteiger partial charge in [-0.2, -0.15) is 5.26 Å². The van der Waals surface area contributed by atoms with Crippen LogP contribution >= 0.6 is 12.4 Å². The molecule has 0 radical (unpaired) electrons. The molecule has 1 N–H and O–H groups in total. The maximum absolute atomic E-state index is 9.19. The van der Waals surface area contributed by atoms with Crippen LogP contribution in [0.5, 0.6) is 5.75 Å². The van der Waals surface area contributed by atoms with Gasteiger partial charge >= 0.3 is 0 Å². The third-order valence-electron chi connectivity index (χ3n) is 2.79. The lowest BCUT2D eigenvalue weighted by Gasteiger charge is -2.30. The molecule has 4 nitrogen and oxygen atoms in total. The monoisotopic (exact) mass is 253 g/mol. The SMILES string of the molecule is COc1cccc(N2CCNCC2)c1C#N.Cl. The molecule has 0 saturated carbocycles. The Hall–Kier alpha value is -1.44. The molecule has 0 unspecified atom stereocenters. The van der Waals surface area contributed by atoms with E-state index < -0.39 is 0 Å². The largest absolute Gasteiger partial charge is 0.495 e. The maximum atomic E-state index is 9.19. The van der Waals surface area contributed by atoms with Crippen LogP contribution in [0.25, 0.3) is 0 Å². The molecule has 0 aromatic heterocycles. The number of methoxy groups -OCH3 is 1. The zero-order valence-corrected chi connectivity index (χ0v) is 10.6. The second kappa shape index (κ2) is 6.33. The van der Waals surface area contributed by atoms with Gasteiger partial charge in [-0.1, -0.05) is 6.07 Å².